The molecule has 0 radical (unpaired) electrons. The second kappa shape index (κ2) is 9.94. The topological polar surface area (TPSA) is 88.7 Å². The van der Waals surface area contributed by atoms with Crippen molar-refractivity contribution in [2.45, 2.75) is 68.1 Å². The summed E-state index contributed by atoms with van der Waals surface area (Å²) in [7, 11) is 0. The van der Waals surface area contributed by atoms with Crippen LogP contribution in [0, 0.1) is 5.82 Å². The lowest BCUT2D eigenvalue weighted by molar-refractivity contribution is -0.343. The number of benzene rings is 1. The number of hydrogen-bond acceptors (Lipinski definition) is 5. The molecule has 7 nitrogen and oxygen atoms in total. The maximum atomic E-state index is 13.5. The highest BCUT2D eigenvalue weighted by Gasteiger charge is 2.61. The van der Waals surface area contributed by atoms with Gasteiger partial charge in [0.25, 0.3) is 5.91 Å². The second-order valence-electron chi connectivity index (χ2n) is 9.45. The molecule has 1 saturated heterocycles. The molecule has 0 spiro atoms. The molecular weight excluding hydrogens is 494 g/mol. The minimum atomic E-state index is -4.66. The van der Waals surface area contributed by atoms with Crippen LogP contribution in [0.4, 0.5) is 17.6 Å². The van der Waals surface area contributed by atoms with Gasteiger partial charge in [-0.3, -0.25) is 14.3 Å². The van der Waals surface area contributed by atoms with Gasteiger partial charge in [0.05, 0.1) is 11.1 Å². The molecule has 3 N–H and O–H groups in total. The van der Waals surface area contributed by atoms with Gasteiger partial charge in [-0.2, -0.15) is 0 Å². The predicted molar refractivity (Wildman–Crippen MR) is 118 cm³/mol. The van der Waals surface area contributed by atoms with Crippen molar-refractivity contribution in [2.75, 3.05) is 13.2 Å². The Morgan fingerprint density at radius 3 is 2.51 bits per heavy atom. The molecule has 4 fully saturated rings. The molecule has 4 aliphatic rings. The summed E-state index contributed by atoms with van der Waals surface area (Å²) in [5.74, 6) is -1.05. The molecule has 192 valence electrons. The van der Waals surface area contributed by atoms with Crippen molar-refractivity contribution in [1.29, 1.82) is 0 Å². The summed E-state index contributed by atoms with van der Waals surface area (Å²) in [6, 6.07) is 3.73. The number of fused-ring (bicyclic) bond motifs is 1. The van der Waals surface area contributed by atoms with Crippen LogP contribution in [0.1, 0.15) is 38.5 Å². The lowest BCUT2D eigenvalue weighted by atomic mass is 9.71. The minimum absolute atomic E-state index is 0.0338. The molecule has 1 heterocycles. The first-order valence-corrected chi connectivity index (χ1v) is 11.7. The van der Waals surface area contributed by atoms with Crippen LogP contribution in [0.15, 0.2) is 30.4 Å². The van der Waals surface area contributed by atoms with Crippen LogP contribution < -0.4 is 20.7 Å². The van der Waals surface area contributed by atoms with Crippen molar-refractivity contribution < 1.29 is 36.6 Å². The van der Waals surface area contributed by atoms with E-state index in [-0.39, 0.29) is 53.7 Å². The van der Waals surface area contributed by atoms with Crippen molar-refractivity contribution in [3.8, 4) is 5.75 Å². The number of hydrogen-bond donors (Lipinski definition) is 3. The predicted octanol–water partition coefficient (Wildman–Crippen LogP) is 3.37. The summed E-state index contributed by atoms with van der Waals surface area (Å²) in [5, 5.41) is 8.87. The van der Waals surface area contributed by atoms with Gasteiger partial charge in [0.1, 0.15) is 11.6 Å². The largest absolute Gasteiger partial charge is 0.522 e. The third-order valence-corrected chi connectivity index (χ3v) is 6.98. The minimum Gasteiger partial charge on any atom is -0.484 e. The molecule has 2 amide bonds. The number of nitrogens with one attached hydrogen (secondary N) is 3. The van der Waals surface area contributed by atoms with Crippen LogP contribution >= 0.6 is 11.6 Å². The first-order valence-electron chi connectivity index (χ1n) is 11.3. The molecule has 2 atom stereocenters. The highest BCUT2D eigenvalue weighted by Crippen LogP contribution is 2.55. The molecule has 5 rings (SSSR count). The SMILES string of the molecule is O=C(/C=C/C1CCC(OC(F)(F)F)CN1)NC12CCC(NC(=O)COc3ccc(Cl)c(F)c3)(C1)C2. The maximum absolute atomic E-state index is 13.5. The Hall–Kier alpha value is -2.37. The van der Waals surface area contributed by atoms with E-state index in [0.29, 0.717) is 32.1 Å². The Balaban J connectivity index is 1.17. The molecular formula is C23H26ClF4N3O4. The maximum Gasteiger partial charge on any atom is 0.522 e. The van der Waals surface area contributed by atoms with Gasteiger partial charge in [-0.1, -0.05) is 17.7 Å². The quantitative estimate of drug-likeness (QED) is 0.362. The van der Waals surface area contributed by atoms with Crippen LogP contribution in [-0.2, 0) is 14.3 Å². The Labute approximate surface area is 204 Å². The highest BCUT2D eigenvalue weighted by atomic mass is 35.5. The molecule has 1 aliphatic heterocycles. The lowest BCUT2D eigenvalue weighted by Crippen LogP contribution is -2.64. The summed E-state index contributed by atoms with van der Waals surface area (Å²) in [6.45, 7) is -0.215. The Bertz CT molecular complexity index is 989. The standard InChI is InChI=1S/C23H26ClF4N3O4/c24-17-5-4-15(9-18(17)25)34-11-20(33)31-22-8-7-21(12-22,13-22)30-19(32)6-2-14-1-3-16(10-29-14)35-23(26,27)28/h2,4-6,9,14,16,29H,1,3,7-8,10-13H2,(H,30,32)(H,31,33)/b6-2+. The molecule has 2 bridgehead atoms. The number of amides is 2. The monoisotopic (exact) mass is 519 g/mol. The van der Waals surface area contributed by atoms with E-state index in [1.54, 1.807) is 6.08 Å². The first kappa shape index (κ1) is 25.7. The summed E-state index contributed by atoms with van der Waals surface area (Å²) < 4.78 is 59.7. The average molecular weight is 520 g/mol. The Kier molecular flexibility index (Phi) is 7.31. The summed E-state index contributed by atoms with van der Waals surface area (Å²) in [5.41, 5.74) is -0.790. The highest BCUT2D eigenvalue weighted by molar-refractivity contribution is 6.30. The molecule has 0 aromatic heterocycles. The van der Waals surface area contributed by atoms with Crippen LogP contribution in [0.25, 0.3) is 0 Å². The molecule has 2 unspecified atom stereocenters. The summed E-state index contributed by atoms with van der Waals surface area (Å²) >= 11 is 5.63. The van der Waals surface area contributed by atoms with E-state index in [9.17, 15) is 27.2 Å². The van der Waals surface area contributed by atoms with E-state index in [1.165, 1.54) is 18.2 Å². The number of alkyl halides is 3. The third kappa shape index (κ3) is 6.65. The van der Waals surface area contributed by atoms with Gasteiger partial charge in [0.15, 0.2) is 6.61 Å². The molecule has 1 aromatic rings. The fraction of sp³-hybridized carbons (Fsp3) is 0.565. The van der Waals surface area contributed by atoms with Crippen LogP contribution in [-0.4, -0.2) is 54.6 Å². The summed E-state index contributed by atoms with van der Waals surface area (Å²) in [6.07, 6.45) is 0.748. The van der Waals surface area contributed by atoms with Gasteiger partial charge in [-0.15, -0.1) is 13.2 Å². The van der Waals surface area contributed by atoms with Gasteiger partial charge >= 0.3 is 6.36 Å². The second-order valence-corrected chi connectivity index (χ2v) is 9.86. The van der Waals surface area contributed by atoms with E-state index < -0.39 is 23.8 Å². The van der Waals surface area contributed by atoms with Crippen molar-refractivity contribution in [2.24, 2.45) is 0 Å². The number of ether oxygens (including phenoxy) is 2. The number of rotatable bonds is 8. The lowest BCUT2D eigenvalue weighted by Gasteiger charge is -2.47. The van der Waals surface area contributed by atoms with E-state index >= 15 is 0 Å². The van der Waals surface area contributed by atoms with E-state index in [0.717, 1.165) is 6.07 Å². The van der Waals surface area contributed by atoms with Crippen molar-refractivity contribution in [1.82, 2.24) is 16.0 Å². The number of carbonyl (C=O) groups excluding carboxylic acids is 2. The zero-order chi connectivity index (χ0) is 25.3. The van der Waals surface area contributed by atoms with Crippen LogP contribution in [0.5, 0.6) is 5.75 Å². The normalized spacial score (nSPS) is 30.1. The number of halogens is 5. The third-order valence-electron chi connectivity index (χ3n) is 6.68. The fourth-order valence-corrected chi connectivity index (χ4v) is 5.36. The van der Waals surface area contributed by atoms with E-state index in [4.69, 9.17) is 16.3 Å². The van der Waals surface area contributed by atoms with Gasteiger partial charge < -0.3 is 20.7 Å². The fourth-order valence-electron chi connectivity index (χ4n) is 5.24. The Morgan fingerprint density at radius 2 is 1.89 bits per heavy atom. The number of carbonyl (C=O) groups is 2. The van der Waals surface area contributed by atoms with Crippen molar-refractivity contribution in [3.05, 3.63) is 41.2 Å². The zero-order valence-corrected chi connectivity index (χ0v) is 19.5. The van der Waals surface area contributed by atoms with Gasteiger partial charge in [0, 0.05) is 35.8 Å². The molecule has 1 aromatic carbocycles. The van der Waals surface area contributed by atoms with E-state index in [1.807, 2.05) is 0 Å². The van der Waals surface area contributed by atoms with Gasteiger partial charge in [-0.05, 0) is 50.7 Å². The number of piperidine rings is 1. The first-order chi connectivity index (χ1) is 16.4. The Morgan fingerprint density at radius 1 is 1.17 bits per heavy atom. The molecule has 12 heteroatoms. The van der Waals surface area contributed by atoms with Crippen LogP contribution in [0.3, 0.4) is 0 Å². The van der Waals surface area contributed by atoms with E-state index in [2.05, 4.69) is 20.7 Å². The molecule has 35 heavy (non-hydrogen) atoms. The molecule has 3 saturated carbocycles. The average Bonchev–Trinajstić information content (AvgIpc) is 3.27. The van der Waals surface area contributed by atoms with Crippen molar-refractivity contribution in [3.63, 3.8) is 0 Å². The van der Waals surface area contributed by atoms with Gasteiger partial charge in [-0.25, -0.2) is 4.39 Å². The molecule has 3 aliphatic carbocycles. The van der Waals surface area contributed by atoms with Crippen molar-refractivity contribution >= 4 is 23.4 Å². The van der Waals surface area contributed by atoms with Crippen LogP contribution in [0.2, 0.25) is 5.02 Å². The summed E-state index contributed by atoms with van der Waals surface area (Å²) in [4.78, 5) is 24.7. The zero-order valence-electron chi connectivity index (χ0n) is 18.7. The smallest absolute Gasteiger partial charge is 0.484 e. The van der Waals surface area contributed by atoms with Gasteiger partial charge in [0.2, 0.25) is 5.91 Å².